The number of carbonyl (C=O) groups excluding carboxylic acids is 2. The van der Waals surface area contributed by atoms with Crippen LogP contribution in [0.1, 0.15) is 55.8 Å². The van der Waals surface area contributed by atoms with E-state index in [9.17, 15) is 14.7 Å². The number of aliphatic hydroxyl groups is 1. The Morgan fingerprint density at radius 3 is 2.35 bits per heavy atom. The number of Topliss-reactive ketones (excluding diaryl/α,β-unsaturated/α-hetero) is 1. The lowest BCUT2D eigenvalue weighted by atomic mass is 9.93. The van der Waals surface area contributed by atoms with Crippen LogP contribution < -0.4 is 9.47 Å². The summed E-state index contributed by atoms with van der Waals surface area (Å²) in [6, 6.07) is 11.8. The molecule has 1 amide bonds. The van der Waals surface area contributed by atoms with Gasteiger partial charge in [0.2, 0.25) is 0 Å². The number of aliphatic hydroxyl groups excluding tert-OH is 1. The summed E-state index contributed by atoms with van der Waals surface area (Å²) >= 11 is 0. The molecule has 0 aliphatic carbocycles. The first-order valence-corrected chi connectivity index (χ1v) is 11.5. The van der Waals surface area contributed by atoms with Crippen LogP contribution in [-0.2, 0) is 14.3 Å². The molecule has 1 saturated heterocycles. The predicted molar refractivity (Wildman–Crippen MR) is 130 cm³/mol. The summed E-state index contributed by atoms with van der Waals surface area (Å²) in [7, 11) is 3.13. The maximum Gasteiger partial charge on any atom is 0.295 e. The van der Waals surface area contributed by atoms with Crippen LogP contribution in [0.2, 0.25) is 0 Å². The Morgan fingerprint density at radius 1 is 1.06 bits per heavy atom. The molecule has 1 heterocycles. The van der Waals surface area contributed by atoms with Crippen molar-refractivity contribution in [1.29, 1.82) is 0 Å². The van der Waals surface area contributed by atoms with E-state index in [-0.39, 0.29) is 30.4 Å². The lowest BCUT2D eigenvalue weighted by Gasteiger charge is -2.25. The quantitative estimate of drug-likeness (QED) is 0.310. The molecule has 7 nitrogen and oxygen atoms in total. The zero-order valence-corrected chi connectivity index (χ0v) is 20.5. The standard InChI is InChI=1S/C27H33NO6/c1-6-14-34-20-10-7-18(8-11-20)24-23(26(30)27(31)28(24)13-15-32-4)25(29)19-9-12-22(33-5)21(16-19)17(2)3/h7-12,16-17,24,29H,6,13-15H2,1-5H3/b25-23-. The summed E-state index contributed by atoms with van der Waals surface area (Å²) in [5.74, 6) is -0.0424. The molecule has 0 saturated carbocycles. The van der Waals surface area contributed by atoms with Crippen molar-refractivity contribution in [3.8, 4) is 11.5 Å². The van der Waals surface area contributed by atoms with E-state index < -0.39 is 17.7 Å². The molecule has 2 aromatic carbocycles. The Labute approximate surface area is 200 Å². The van der Waals surface area contributed by atoms with Gasteiger partial charge in [0.25, 0.3) is 11.7 Å². The first-order chi connectivity index (χ1) is 16.3. The van der Waals surface area contributed by atoms with Gasteiger partial charge in [-0.3, -0.25) is 9.59 Å². The van der Waals surface area contributed by atoms with E-state index in [2.05, 4.69) is 0 Å². The third-order valence-electron chi connectivity index (χ3n) is 5.87. The van der Waals surface area contributed by atoms with Crippen molar-refractivity contribution in [3.63, 3.8) is 0 Å². The fourth-order valence-corrected chi connectivity index (χ4v) is 4.10. The van der Waals surface area contributed by atoms with Gasteiger partial charge in [-0.2, -0.15) is 0 Å². The van der Waals surface area contributed by atoms with Gasteiger partial charge in [0.05, 0.1) is 31.9 Å². The number of methoxy groups -OCH3 is 2. The normalized spacial score (nSPS) is 17.5. The molecular weight excluding hydrogens is 434 g/mol. The van der Waals surface area contributed by atoms with Crippen molar-refractivity contribution < 1.29 is 28.9 Å². The number of amides is 1. The van der Waals surface area contributed by atoms with E-state index in [1.165, 1.54) is 12.0 Å². The number of likely N-dealkylation sites (tertiary alicyclic amines) is 1. The molecule has 1 unspecified atom stereocenters. The molecule has 0 aromatic heterocycles. The molecule has 1 N–H and O–H groups in total. The summed E-state index contributed by atoms with van der Waals surface area (Å²) in [4.78, 5) is 27.5. The van der Waals surface area contributed by atoms with E-state index in [0.717, 1.165) is 12.0 Å². The van der Waals surface area contributed by atoms with Gasteiger partial charge in [0.15, 0.2) is 0 Å². The summed E-state index contributed by atoms with van der Waals surface area (Å²) in [6.07, 6.45) is 0.888. The fourth-order valence-electron chi connectivity index (χ4n) is 4.10. The Kier molecular flexibility index (Phi) is 8.34. The molecule has 0 spiro atoms. The third kappa shape index (κ3) is 5.09. The van der Waals surface area contributed by atoms with Crippen molar-refractivity contribution >= 4 is 17.4 Å². The van der Waals surface area contributed by atoms with Crippen molar-refractivity contribution in [1.82, 2.24) is 4.90 Å². The second-order valence-corrected chi connectivity index (χ2v) is 8.51. The van der Waals surface area contributed by atoms with Gasteiger partial charge >= 0.3 is 0 Å². The number of ketones is 1. The van der Waals surface area contributed by atoms with E-state index >= 15 is 0 Å². The third-order valence-corrected chi connectivity index (χ3v) is 5.87. The van der Waals surface area contributed by atoms with E-state index in [1.807, 2.05) is 45.0 Å². The highest BCUT2D eigenvalue weighted by Gasteiger charge is 2.45. The minimum atomic E-state index is -0.736. The number of carbonyl (C=O) groups is 2. The fraction of sp³-hybridized carbons (Fsp3) is 0.407. The number of benzene rings is 2. The summed E-state index contributed by atoms with van der Waals surface area (Å²) in [5, 5.41) is 11.3. The zero-order valence-electron chi connectivity index (χ0n) is 20.5. The molecule has 182 valence electrons. The van der Waals surface area contributed by atoms with E-state index in [4.69, 9.17) is 14.2 Å². The molecule has 1 atom stereocenters. The molecule has 1 aliphatic rings. The van der Waals surface area contributed by atoms with Gasteiger partial charge in [-0.1, -0.05) is 32.9 Å². The summed E-state index contributed by atoms with van der Waals surface area (Å²) in [6.45, 7) is 7.15. The Balaban J connectivity index is 2.12. The number of rotatable bonds is 10. The summed E-state index contributed by atoms with van der Waals surface area (Å²) in [5.41, 5.74) is 2.12. The Hall–Kier alpha value is -3.32. The average molecular weight is 468 g/mol. The first kappa shape index (κ1) is 25.3. The molecular formula is C27H33NO6. The SMILES string of the molecule is CCCOc1ccc(C2/C(=C(/O)c3ccc(OC)c(C(C)C)c3)C(=O)C(=O)N2CCOC)cc1. The molecule has 34 heavy (non-hydrogen) atoms. The second kappa shape index (κ2) is 11.2. The number of ether oxygens (including phenoxy) is 3. The topological polar surface area (TPSA) is 85.3 Å². The largest absolute Gasteiger partial charge is 0.507 e. The second-order valence-electron chi connectivity index (χ2n) is 8.51. The molecule has 0 bridgehead atoms. The molecule has 3 rings (SSSR count). The minimum absolute atomic E-state index is 0.0585. The maximum atomic E-state index is 13.1. The van der Waals surface area contributed by atoms with Crippen LogP contribution in [0, 0.1) is 0 Å². The van der Waals surface area contributed by atoms with Gasteiger partial charge in [-0.15, -0.1) is 0 Å². The van der Waals surface area contributed by atoms with Gasteiger partial charge < -0.3 is 24.2 Å². The van der Waals surface area contributed by atoms with Crippen LogP contribution in [-0.4, -0.2) is 55.7 Å². The van der Waals surface area contributed by atoms with Crippen LogP contribution in [0.3, 0.4) is 0 Å². The van der Waals surface area contributed by atoms with Crippen LogP contribution in [0.25, 0.3) is 5.76 Å². The molecule has 1 fully saturated rings. The highest BCUT2D eigenvalue weighted by atomic mass is 16.5. The Bertz CT molecular complexity index is 1060. The number of nitrogens with zero attached hydrogens (tertiary/aromatic N) is 1. The molecule has 2 aromatic rings. The van der Waals surface area contributed by atoms with Gasteiger partial charge in [-0.25, -0.2) is 0 Å². The predicted octanol–water partition coefficient (Wildman–Crippen LogP) is 4.68. The number of hydrogen-bond donors (Lipinski definition) is 1. The highest BCUT2D eigenvalue weighted by Crippen LogP contribution is 2.40. The van der Waals surface area contributed by atoms with Crippen LogP contribution in [0.15, 0.2) is 48.0 Å². The zero-order chi connectivity index (χ0) is 24.8. The lowest BCUT2D eigenvalue weighted by molar-refractivity contribution is -0.140. The monoisotopic (exact) mass is 467 g/mol. The van der Waals surface area contributed by atoms with E-state index in [1.54, 1.807) is 25.3 Å². The maximum absolute atomic E-state index is 13.1. The first-order valence-electron chi connectivity index (χ1n) is 11.5. The van der Waals surface area contributed by atoms with Crippen molar-refractivity contribution in [3.05, 3.63) is 64.7 Å². The van der Waals surface area contributed by atoms with E-state index in [0.29, 0.717) is 29.2 Å². The van der Waals surface area contributed by atoms with Crippen LogP contribution in [0.5, 0.6) is 11.5 Å². The van der Waals surface area contributed by atoms with Gasteiger partial charge in [0.1, 0.15) is 17.3 Å². The van der Waals surface area contributed by atoms with Crippen molar-refractivity contribution in [2.75, 3.05) is 34.0 Å². The minimum Gasteiger partial charge on any atom is -0.507 e. The molecule has 0 radical (unpaired) electrons. The van der Waals surface area contributed by atoms with Crippen LogP contribution in [0.4, 0.5) is 0 Å². The molecule has 1 aliphatic heterocycles. The average Bonchev–Trinajstić information content (AvgIpc) is 3.10. The molecule has 7 heteroatoms. The smallest absolute Gasteiger partial charge is 0.295 e. The lowest BCUT2D eigenvalue weighted by Crippen LogP contribution is -2.32. The van der Waals surface area contributed by atoms with Gasteiger partial charge in [0, 0.05) is 19.2 Å². The van der Waals surface area contributed by atoms with Gasteiger partial charge in [-0.05, 0) is 53.8 Å². The summed E-state index contributed by atoms with van der Waals surface area (Å²) < 4.78 is 16.3. The highest BCUT2D eigenvalue weighted by molar-refractivity contribution is 6.46. The van der Waals surface area contributed by atoms with Crippen molar-refractivity contribution in [2.45, 2.75) is 39.2 Å². The van der Waals surface area contributed by atoms with Crippen molar-refractivity contribution in [2.24, 2.45) is 0 Å². The number of hydrogen-bond acceptors (Lipinski definition) is 6. The van der Waals surface area contributed by atoms with Crippen LogP contribution >= 0.6 is 0 Å². The Morgan fingerprint density at radius 2 is 1.76 bits per heavy atom.